The fourth-order valence-electron chi connectivity index (χ4n) is 1.97. The van der Waals surface area contributed by atoms with Gasteiger partial charge in [0.15, 0.2) is 11.5 Å². The number of rotatable bonds is 6. The second kappa shape index (κ2) is 6.28. The summed E-state index contributed by atoms with van der Waals surface area (Å²) in [6.45, 7) is 4.15. The minimum absolute atomic E-state index is 0.210. The van der Waals surface area contributed by atoms with Gasteiger partial charge in [0.25, 0.3) is 0 Å². The van der Waals surface area contributed by atoms with Gasteiger partial charge in [-0.2, -0.15) is 0 Å². The first kappa shape index (κ1) is 13.6. The van der Waals surface area contributed by atoms with Crippen molar-refractivity contribution < 1.29 is 14.3 Å². The fraction of sp³-hybridized carbons (Fsp3) is 0.500. The van der Waals surface area contributed by atoms with Crippen molar-refractivity contribution in [3.8, 4) is 11.5 Å². The van der Waals surface area contributed by atoms with Crippen LogP contribution in [0.25, 0.3) is 0 Å². The zero-order valence-corrected chi connectivity index (χ0v) is 10.9. The van der Waals surface area contributed by atoms with Gasteiger partial charge in [-0.05, 0) is 35.6 Å². The maximum atomic E-state index is 10.6. The van der Waals surface area contributed by atoms with Crippen LogP contribution >= 0.6 is 0 Å². The molecule has 1 atom stereocenters. The Bertz CT molecular complexity index is 385. The van der Waals surface area contributed by atoms with Crippen LogP contribution in [0.2, 0.25) is 0 Å². The molecule has 0 N–H and O–H groups in total. The highest BCUT2D eigenvalue weighted by Crippen LogP contribution is 2.34. The van der Waals surface area contributed by atoms with E-state index in [1.165, 1.54) is 5.56 Å². The summed E-state index contributed by atoms with van der Waals surface area (Å²) < 4.78 is 10.6. The SMILES string of the molecule is CCc1cc(OC)c(OC)cc1C(C)CC=O. The van der Waals surface area contributed by atoms with Gasteiger partial charge in [0.2, 0.25) is 0 Å². The van der Waals surface area contributed by atoms with Gasteiger partial charge in [-0.3, -0.25) is 0 Å². The van der Waals surface area contributed by atoms with Crippen LogP contribution in [0.1, 0.15) is 37.3 Å². The maximum absolute atomic E-state index is 10.6. The average Bonchev–Trinajstić information content (AvgIpc) is 2.37. The highest BCUT2D eigenvalue weighted by Gasteiger charge is 2.14. The monoisotopic (exact) mass is 236 g/mol. The van der Waals surface area contributed by atoms with E-state index in [1.54, 1.807) is 14.2 Å². The van der Waals surface area contributed by atoms with Crippen molar-refractivity contribution in [2.45, 2.75) is 32.6 Å². The smallest absolute Gasteiger partial charge is 0.161 e. The summed E-state index contributed by atoms with van der Waals surface area (Å²) >= 11 is 0. The number of aryl methyl sites for hydroxylation is 1. The van der Waals surface area contributed by atoms with E-state index in [1.807, 2.05) is 12.1 Å². The molecule has 0 fully saturated rings. The molecule has 1 rings (SSSR count). The fourth-order valence-corrected chi connectivity index (χ4v) is 1.97. The number of hydrogen-bond donors (Lipinski definition) is 0. The second-order valence-corrected chi connectivity index (χ2v) is 4.06. The Balaban J connectivity index is 3.22. The van der Waals surface area contributed by atoms with Gasteiger partial charge in [-0.1, -0.05) is 13.8 Å². The molecule has 0 radical (unpaired) electrons. The molecule has 0 bridgehead atoms. The van der Waals surface area contributed by atoms with Crippen molar-refractivity contribution in [2.24, 2.45) is 0 Å². The normalized spacial score (nSPS) is 12.0. The van der Waals surface area contributed by atoms with E-state index < -0.39 is 0 Å². The molecule has 0 aromatic heterocycles. The number of aldehydes is 1. The number of methoxy groups -OCH3 is 2. The largest absolute Gasteiger partial charge is 0.493 e. The van der Waals surface area contributed by atoms with E-state index in [4.69, 9.17) is 9.47 Å². The van der Waals surface area contributed by atoms with Crippen molar-refractivity contribution in [2.75, 3.05) is 14.2 Å². The second-order valence-electron chi connectivity index (χ2n) is 4.06. The molecule has 0 spiro atoms. The van der Waals surface area contributed by atoms with Crippen LogP contribution in [-0.4, -0.2) is 20.5 Å². The van der Waals surface area contributed by atoms with Crippen LogP contribution in [-0.2, 0) is 11.2 Å². The molecule has 1 aromatic carbocycles. The predicted molar refractivity (Wildman–Crippen MR) is 68.0 cm³/mol. The summed E-state index contributed by atoms with van der Waals surface area (Å²) in [5, 5.41) is 0. The lowest BCUT2D eigenvalue weighted by Gasteiger charge is -2.17. The third kappa shape index (κ3) is 2.99. The Morgan fingerprint density at radius 2 is 1.82 bits per heavy atom. The van der Waals surface area contributed by atoms with Gasteiger partial charge in [-0.25, -0.2) is 0 Å². The molecule has 1 aromatic rings. The summed E-state index contributed by atoms with van der Waals surface area (Å²) in [6, 6.07) is 3.97. The van der Waals surface area contributed by atoms with Crippen LogP contribution in [0.15, 0.2) is 12.1 Å². The van der Waals surface area contributed by atoms with Crippen molar-refractivity contribution in [1.82, 2.24) is 0 Å². The minimum Gasteiger partial charge on any atom is -0.493 e. The zero-order valence-electron chi connectivity index (χ0n) is 10.9. The molecule has 0 amide bonds. The van der Waals surface area contributed by atoms with Gasteiger partial charge in [-0.15, -0.1) is 0 Å². The van der Waals surface area contributed by atoms with Crippen molar-refractivity contribution in [3.05, 3.63) is 23.3 Å². The summed E-state index contributed by atoms with van der Waals surface area (Å²) in [5.41, 5.74) is 2.37. The molecule has 3 heteroatoms. The number of ether oxygens (including phenoxy) is 2. The summed E-state index contributed by atoms with van der Waals surface area (Å²) in [4.78, 5) is 10.6. The van der Waals surface area contributed by atoms with Gasteiger partial charge in [0, 0.05) is 6.42 Å². The Labute approximate surface area is 103 Å². The molecule has 0 aliphatic rings. The summed E-state index contributed by atoms with van der Waals surface area (Å²) in [7, 11) is 3.25. The summed E-state index contributed by atoms with van der Waals surface area (Å²) in [5.74, 6) is 1.67. The molecule has 1 unspecified atom stereocenters. The van der Waals surface area contributed by atoms with E-state index in [2.05, 4.69) is 13.8 Å². The van der Waals surface area contributed by atoms with Gasteiger partial charge in [0.1, 0.15) is 6.29 Å². The molecular formula is C14H20O3. The van der Waals surface area contributed by atoms with Gasteiger partial charge < -0.3 is 14.3 Å². The van der Waals surface area contributed by atoms with E-state index in [-0.39, 0.29) is 5.92 Å². The number of benzene rings is 1. The number of hydrogen-bond acceptors (Lipinski definition) is 3. The van der Waals surface area contributed by atoms with Crippen LogP contribution < -0.4 is 9.47 Å². The molecule has 0 heterocycles. The van der Waals surface area contributed by atoms with Crippen LogP contribution in [0.5, 0.6) is 11.5 Å². The molecule has 0 aliphatic carbocycles. The molecule has 0 saturated heterocycles. The molecular weight excluding hydrogens is 216 g/mol. The van der Waals surface area contributed by atoms with Gasteiger partial charge >= 0.3 is 0 Å². The quantitative estimate of drug-likeness (QED) is 0.712. The number of carbonyl (C=O) groups is 1. The lowest BCUT2D eigenvalue weighted by atomic mass is 9.92. The standard InChI is InChI=1S/C14H20O3/c1-5-11-8-13(16-3)14(17-4)9-12(11)10(2)6-7-15/h7-10H,5-6H2,1-4H3. The third-order valence-corrected chi connectivity index (χ3v) is 3.01. The topological polar surface area (TPSA) is 35.5 Å². The van der Waals surface area contributed by atoms with Gasteiger partial charge in [0.05, 0.1) is 14.2 Å². The Kier molecular flexibility index (Phi) is 5.01. The van der Waals surface area contributed by atoms with Crippen LogP contribution in [0.4, 0.5) is 0 Å². The first-order valence-corrected chi connectivity index (χ1v) is 5.86. The molecule has 3 nitrogen and oxygen atoms in total. The van der Waals surface area contributed by atoms with Crippen LogP contribution in [0, 0.1) is 0 Å². The highest BCUT2D eigenvalue weighted by atomic mass is 16.5. The first-order chi connectivity index (χ1) is 8.17. The summed E-state index contributed by atoms with van der Waals surface area (Å²) in [6.07, 6.45) is 2.40. The third-order valence-electron chi connectivity index (χ3n) is 3.01. The number of carbonyl (C=O) groups excluding carboxylic acids is 1. The van der Waals surface area contributed by atoms with E-state index in [0.717, 1.165) is 29.8 Å². The zero-order chi connectivity index (χ0) is 12.8. The average molecular weight is 236 g/mol. The Morgan fingerprint density at radius 3 is 2.29 bits per heavy atom. The van der Waals surface area contributed by atoms with Crippen molar-refractivity contribution in [1.29, 1.82) is 0 Å². The lowest BCUT2D eigenvalue weighted by Crippen LogP contribution is -2.02. The van der Waals surface area contributed by atoms with Crippen molar-refractivity contribution >= 4 is 6.29 Å². The maximum Gasteiger partial charge on any atom is 0.161 e. The molecule has 0 saturated carbocycles. The first-order valence-electron chi connectivity index (χ1n) is 5.86. The Morgan fingerprint density at radius 1 is 1.24 bits per heavy atom. The highest BCUT2D eigenvalue weighted by molar-refractivity contribution is 5.54. The molecule has 0 aliphatic heterocycles. The Hall–Kier alpha value is -1.51. The molecule has 94 valence electrons. The van der Waals surface area contributed by atoms with E-state index in [0.29, 0.717) is 6.42 Å². The predicted octanol–water partition coefficient (Wildman–Crippen LogP) is 2.96. The van der Waals surface area contributed by atoms with Crippen LogP contribution in [0.3, 0.4) is 0 Å². The van der Waals surface area contributed by atoms with Crippen molar-refractivity contribution in [3.63, 3.8) is 0 Å². The van der Waals surface area contributed by atoms with E-state index in [9.17, 15) is 4.79 Å². The minimum atomic E-state index is 0.210. The lowest BCUT2D eigenvalue weighted by molar-refractivity contribution is -0.108. The molecule has 17 heavy (non-hydrogen) atoms. The van der Waals surface area contributed by atoms with E-state index >= 15 is 0 Å².